The summed E-state index contributed by atoms with van der Waals surface area (Å²) in [5.41, 5.74) is 0.984. The molecule has 0 aromatic heterocycles. The lowest BCUT2D eigenvalue weighted by atomic mass is 10.1. The molecule has 2 aromatic carbocycles. The van der Waals surface area contributed by atoms with Crippen LogP contribution in [0, 0.1) is 0 Å². The topological polar surface area (TPSA) is 94.2 Å². The minimum atomic E-state index is -3.42. The number of hydrogen-bond acceptors (Lipinski definition) is 6. The van der Waals surface area contributed by atoms with E-state index in [4.69, 9.17) is 14.2 Å². The van der Waals surface area contributed by atoms with E-state index in [-0.39, 0.29) is 10.8 Å². The van der Waals surface area contributed by atoms with Crippen LogP contribution in [0.1, 0.15) is 24.8 Å². The molecule has 1 aliphatic rings. The predicted molar refractivity (Wildman–Crippen MR) is 121 cm³/mol. The highest BCUT2D eigenvalue weighted by Crippen LogP contribution is 2.28. The number of amides is 1. The maximum Gasteiger partial charge on any atom is 0.243 e. The van der Waals surface area contributed by atoms with Gasteiger partial charge in [0.25, 0.3) is 0 Å². The summed E-state index contributed by atoms with van der Waals surface area (Å²) in [7, 11) is -0.265. The van der Waals surface area contributed by atoms with Crippen molar-refractivity contribution in [3.63, 3.8) is 0 Å². The summed E-state index contributed by atoms with van der Waals surface area (Å²) in [6.07, 6.45) is 2.74. The van der Waals surface area contributed by atoms with E-state index in [1.165, 1.54) is 4.31 Å². The molecule has 1 fully saturated rings. The second kappa shape index (κ2) is 11.2. The summed E-state index contributed by atoms with van der Waals surface area (Å²) >= 11 is 0. The van der Waals surface area contributed by atoms with Crippen molar-refractivity contribution in [3.05, 3.63) is 48.0 Å². The molecular formula is C23H30N2O6S. The average molecular weight is 463 g/mol. The van der Waals surface area contributed by atoms with Crippen LogP contribution in [-0.2, 0) is 21.2 Å². The van der Waals surface area contributed by atoms with Gasteiger partial charge in [-0.25, -0.2) is 8.42 Å². The van der Waals surface area contributed by atoms with Gasteiger partial charge >= 0.3 is 0 Å². The fourth-order valence-corrected chi connectivity index (χ4v) is 5.04. The fraction of sp³-hybridized carbons (Fsp3) is 0.435. The lowest BCUT2D eigenvalue weighted by molar-refractivity contribution is -0.121. The van der Waals surface area contributed by atoms with E-state index in [0.29, 0.717) is 56.3 Å². The number of sulfonamides is 1. The molecule has 0 saturated carbocycles. The Labute approximate surface area is 189 Å². The van der Waals surface area contributed by atoms with Gasteiger partial charge in [-0.2, -0.15) is 4.31 Å². The molecule has 0 atom stereocenters. The van der Waals surface area contributed by atoms with E-state index in [0.717, 1.165) is 18.4 Å². The second-order valence-electron chi connectivity index (χ2n) is 7.47. The highest BCUT2D eigenvalue weighted by atomic mass is 32.2. The Morgan fingerprint density at radius 1 is 1.00 bits per heavy atom. The van der Waals surface area contributed by atoms with Gasteiger partial charge in [-0.05, 0) is 61.2 Å². The molecule has 0 bridgehead atoms. The van der Waals surface area contributed by atoms with Gasteiger partial charge in [-0.1, -0.05) is 6.07 Å². The molecule has 0 radical (unpaired) electrons. The highest BCUT2D eigenvalue weighted by molar-refractivity contribution is 7.89. The summed E-state index contributed by atoms with van der Waals surface area (Å²) in [5, 5.41) is 2.82. The van der Waals surface area contributed by atoms with Crippen molar-refractivity contribution >= 4 is 15.9 Å². The number of methoxy groups -OCH3 is 2. The summed E-state index contributed by atoms with van der Waals surface area (Å²) in [6, 6.07) is 12.0. The first-order valence-corrected chi connectivity index (χ1v) is 12.1. The molecular weight excluding hydrogens is 432 g/mol. The van der Waals surface area contributed by atoms with E-state index in [1.807, 2.05) is 18.2 Å². The quantitative estimate of drug-likeness (QED) is 0.516. The molecule has 2 aromatic rings. The van der Waals surface area contributed by atoms with Gasteiger partial charge < -0.3 is 19.5 Å². The van der Waals surface area contributed by atoms with Gasteiger partial charge in [0.05, 0.1) is 25.7 Å². The van der Waals surface area contributed by atoms with Crippen molar-refractivity contribution in [1.82, 2.24) is 9.62 Å². The summed E-state index contributed by atoms with van der Waals surface area (Å²) in [4.78, 5) is 12.4. The van der Waals surface area contributed by atoms with Gasteiger partial charge in [-0.3, -0.25) is 4.79 Å². The molecule has 1 N–H and O–H groups in total. The maximum atomic E-state index is 12.5. The number of nitrogens with one attached hydrogen (secondary N) is 1. The van der Waals surface area contributed by atoms with Gasteiger partial charge in [0.2, 0.25) is 15.9 Å². The van der Waals surface area contributed by atoms with E-state index in [2.05, 4.69) is 5.32 Å². The lowest BCUT2D eigenvalue weighted by Crippen LogP contribution is -2.28. The Morgan fingerprint density at radius 2 is 1.69 bits per heavy atom. The minimum absolute atomic E-state index is 0.0737. The van der Waals surface area contributed by atoms with Crippen molar-refractivity contribution in [2.24, 2.45) is 0 Å². The van der Waals surface area contributed by atoms with Gasteiger partial charge in [0.15, 0.2) is 11.5 Å². The van der Waals surface area contributed by atoms with Crippen molar-refractivity contribution in [3.8, 4) is 17.2 Å². The normalized spacial score (nSPS) is 14.2. The van der Waals surface area contributed by atoms with E-state index < -0.39 is 10.0 Å². The van der Waals surface area contributed by atoms with Gasteiger partial charge in [-0.15, -0.1) is 0 Å². The summed E-state index contributed by atoms with van der Waals surface area (Å²) in [5.74, 6) is 1.78. The average Bonchev–Trinajstić information content (AvgIpc) is 3.36. The Bertz CT molecular complexity index is 1000. The zero-order chi connectivity index (χ0) is 23.0. The van der Waals surface area contributed by atoms with Crippen LogP contribution in [0.5, 0.6) is 17.2 Å². The molecule has 1 aliphatic heterocycles. The number of ether oxygens (including phenoxy) is 3. The molecule has 174 valence electrons. The first kappa shape index (κ1) is 23.9. The molecule has 1 saturated heterocycles. The number of rotatable bonds is 11. The molecule has 9 heteroatoms. The van der Waals surface area contributed by atoms with E-state index >= 15 is 0 Å². The number of hydrogen-bond donors (Lipinski definition) is 1. The number of carbonyl (C=O) groups excluding carboxylic acids is 1. The first-order valence-electron chi connectivity index (χ1n) is 10.6. The predicted octanol–water partition coefficient (Wildman–Crippen LogP) is 2.62. The van der Waals surface area contributed by atoms with Gasteiger partial charge in [0, 0.05) is 19.5 Å². The second-order valence-corrected chi connectivity index (χ2v) is 9.41. The molecule has 1 amide bonds. The smallest absolute Gasteiger partial charge is 0.243 e. The van der Waals surface area contributed by atoms with Crippen molar-refractivity contribution in [2.45, 2.75) is 30.6 Å². The molecule has 0 spiro atoms. The third kappa shape index (κ3) is 6.14. The number of aryl methyl sites for hydroxylation is 1. The van der Waals surface area contributed by atoms with Crippen LogP contribution in [0.2, 0.25) is 0 Å². The third-order valence-corrected chi connectivity index (χ3v) is 7.22. The molecule has 0 unspecified atom stereocenters. The molecule has 1 heterocycles. The van der Waals surface area contributed by atoms with Crippen LogP contribution in [0.3, 0.4) is 0 Å². The van der Waals surface area contributed by atoms with Crippen LogP contribution >= 0.6 is 0 Å². The Morgan fingerprint density at radius 3 is 2.34 bits per heavy atom. The van der Waals surface area contributed by atoms with Crippen molar-refractivity contribution in [1.29, 1.82) is 0 Å². The third-order valence-electron chi connectivity index (χ3n) is 5.31. The van der Waals surface area contributed by atoms with Crippen LogP contribution < -0.4 is 19.5 Å². The van der Waals surface area contributed by atoms with Gasteiger partial charge in [0.1, 0.15) is 12.4 Å². The molecule has 8 nitrogen and oxygen atoms in total. The summed E-state index contributed by atoms with van der Waals surface area (Å²) in [6.45, 7) is 1.80. The summed E-state index contributed by atoms with van der Waals surface area (Å²) < 4.78 is 42.7. The standard InChI is InChI=1S/C23H30N2O6S/c1-29-21-11-5-18(17-22(21)30-2)6-12-23(26)24-13-16-31-19-7-9-20(10-8-19)32(27,28)25-14-3-4-15-25/h5,7-11,17H,3-4,6,12-16H2,1-2H3,(H,24,26). The number of benzene rings is 2. The molecule has 3 rings (SSSR count). The Balaban J connectivity index is 1.39. The zero-order valence-corrected chi connectivity index (χ0v) is 19.3. The number of carbonyl (C=O) groups is 1. The molecule has 32 heavy (non-hydrogen) atoms. The minimum Gasteiger partial charge on any atom is -0.493 e. The zero-order valence-electron chi connectivity index (χ0n) is 18.5. The number of nitrogens with zero attached hydrogens (tertiary/aromatic N) is 1. The Hall–Kier alpha value is -2.78. The monoisotopic (exact) mass is 462 g/mol. The van der Waals surface area contributed by atoms with E-state index in [1.54, 1.807) is 38.5 Å². The highest BCUT2D eigenvalue weighted by Gasteiger charge is 2.26. The van der Waals surface area contributed by atoms with Crippen LogP contribution in [-0.4, -0.2) is 59.1 Å². The van der Waals surface area contributed by atoms with Crippen molar-refractivity contribution in [2.75, 3.05) is 40.5 Å². The van der Waals surface area contributed by atoms with E-state index in [9.17, 15) is 13.2 Å². The first-order chi connectivity index (χ1) is 15.4. The lowest BCUT2D eigenvalue weighted by Gasteiger charge is -2.15. The van der Waals surface area contributed by atoms with Crippen molar-refractivity contribution < 1.29 is 27.4 Å². The SMILES string of the molecule is COc1ccc(CCC(=O)NCCOc2ccc(S(=O)(=O)N3CCCC3)cc2)cc1OC. The largest absolute Gasteiger partial charge is 0.493 e. The molecule has 0 aliphatic carbocycles. The Kier molecular flexibility index (Phi) is 8.35. The maximum absolute atomic E-state index is 12.5. The van der Waals surface area contributed by atoms with Crippen LogP contribution in [0.15, 0.2) is 47.4 Å². The fourth-order valence-electron chi connectivity index (χ4n) is 3.53. The van der Waals surface area contributed by atoms with Crippen LogP contribution in [0.4, 0.5) is 0 Å². The van der Waals surface area contributed by atoms with Crippen LogP contribution in [0.25, 0.3) is 0 Å².